The molecule has 1 N–H and O–H groups in total. The third-order valence-electron chi connectivity index (χ3n) is 7.06. The number of halogens is 3. The number of rotatable bonds is 6. The van der Waals surface area contributed by atoms with Crippen LogP contribution in [0.15, 0.2) is 48.7 Å². The minimum Gasteiger partial charge on any atom is -0.365 e. The van der Waals surface area contributed by atoms with Crippen LogP contribution in [0.1, 0.15) is 37.7 Å². The molecule has 3 aromatic rings. The quantitative estimate of drug-likeness (QED) is 0.443. The van der Waals surface area contributed by atoms with E-state index < -0.39 is 11.6 Å². The first-order valence-electron chi connectivity index (χ1n) is 12.4. The Morgan fingerprint density at radius 3 is 2.37 bits per heavy atom. The molecule has 0 spiro atoms. The van der Waals surface area contributed by atoms with Gasteiger partial charge in [-0.3, -0.25) is 0 Å². The zero-order chi connectivity index (χ0) is 24.2. The number of anilines is 2. The molecule has 0 saturated carbocycles. The molecule has 3 heterocycles. The lowest BCUT2D eigenvalue weighted by Gasteiger charge is -2.40. The topological polar surface area (TPSA) is 44.3 Å². The van der Waals surface area contributed by atoms with Crippen LogP contribution in [0.2, 0.25) is 5.02 Å². The summed E-state index contributed by atoms with van der Waals surface area (Å²) in [5.74, 6) is -0.0193. The lowest BCUT2D eigenvalue weighted by Crippen LogP contribution is -2.47. The monoisotopic (exact) mass is 497 g/mol. The minimum absolute atomic E-state index is 0.0212. The van der Waals surface area contributed by atoms with Gasteiger partial charge < -0.3 is 15.1 Å². The second kappa shape index (κ2) is 10.9. The molecule has 184 valence electrons. The Kier molecular flexibility index (Phi) is 7.44. The van der Waals surface area contributed by atoms with Gasteiger partial charge in [-0.1, -0.05) is 36.2 Å². The van der Waals surface area contributed by atoms with E-state index in [0.29, 0.717) is 22.8 Å². The number of benzene rings is 2. The molecule has 2 aliphatic heterocycles. The van der Waals surface area contributed by atoms with Crippen LogP contribution in [-0.2, 0) is 6.54 Å². The summed E-state index contributed by atoms with van der Waals surface area (Å²) in [6, 6.07) is 11.9. The molecule has 0 atom stereocenters. The molecular formula is C27H30ClF2N5. The molecule has 2 saturated heterocycles. The maximum atomic E-state index is 14.2. The highest BCUT2D eigenvalue weighted by atomic mass is 35.5. The van der Waals surface area contributed by atoms with Gasteiger partial charge in [-0.25, -0.2) is 13.8 Å². The number of likely N-dealkylation sites (tertiary alicyclic amines) is 1. The van der Waals surface area contributed by atoms with Crippen LogP contribution in [0.4, 0.5) is 20.5 Å². The highest BCUT2D eigenvalue weighted by Gasteiger charge is 2.27. The minimum atomic E-state index is -0.587. The number of nitrogens with one attached hydrogen (secondary N) is 1. The number of hydrogen-bond acceptors (Lipinski definition) is 5. The average Bonchev–Trinajstić information content (AvgIpc) is 2.89. The van der Waals surface area contributed by atoms with E-state index in [4.69, 9.17) is 16.6 Å². The summed E-state index contributed by atoms with van der Waals surface area (Å²) in [7, 11) is 0. The summed E-state index contributed by atoms with van der Waals surface area (Å²) in [6.07, 6.45) is 7.88. The summed E-state index contributed by atoms with van der Waals surface area (Å²) >= 11 is 6.22. The van der Waals surface area contributed by atoms with Gasteiger partial charge in [0, 0.05) is 48.0 Å². The van der Waals surface area contributed by atoms with E-state index in [1.165, 1.54) is 50.6 Å². The van der Waals surface area contributed by atoms with Crippen molar-refractivity contribution in [3.05, 3.63) is 70.9 Å². The number of hydrogen-bond donors (Lipinski definition) is 1. The van der Waals surface area contributed by atoms with Crippen molar-refractivity contribution in [2.75, 3.05) is 36.4 Å². The van der Waals surface area contributed by atoms with Gasteiger partial charge in [0.2, 0.25) is 5.95 Å². The lowest BCUT2D eigenvalue weighted by atomic mass is 10.00. The number of nitrogens with zero attached hydrogens (tertiary/aromatic N) is 4. The van der Waals surface area contributed by atoms with Crippen molar-refractivity contribution in [3.63, 3.8) is 0 Å². The van der Waals surface area contributed by atoms with E-state index in [-0.39, 0.29) is 12.1 Å². The van der Waals surface area contributed by atoms with Gasteiger partial charge in [0.05, 0.1) is 0 Å². The van der Waals surface area contributed by atoms with Crippen molar-refractivity contribution < 1.29 is 8.78 Å². The Balaban J connectivity index is 1.37. The Morgan fingerprint density at radius 1 is 0.943 bits per heavy atom. The van der Waals surface area contributed by atoms with Gasteiger partial charge in [0.15, 0.2) is 0 Å². The van der Waals surface area contributed by atoms with Crippen molar-refractivity contribution in [2.24, 2.45) is 0 Å². The molecule has 5 rings (SSSR count). The van der Waals surface area contributed by atoms with Gasteiger partial charge >= 0.3 is 0 Å². The van der Waals surface area contributed by atoms with Crippen LogP contribution in [0, 0.1) is 11.6 Å². The molecule has 0 aliphatic carbocycles. The van der Waals surface area contributed by atoms with E-state index >= 15 is 0 Å². The second-order valence-electron chi connectivity index (χ2n) is 9.31. The predicted molar refractivity (Wildman–Crippen MR) is 137 cm³/mol. The zero-order valence-corrected chi connectivity index (χ0v) is 20.4. The smallest absolute Gasteiger partial charge is 0.227 e. The van der Waals surface area contributed by atoms with Gasteiger partial charge in [0.25, 0.3) is 0 Å². The molecule has 2 aromatic carbocycles. The van der Waals surface area contributed by atoms with E-state index in [1.807, 2.05) is 18.2 Å². The van der Waals surface area contributed by atoms with Crippen molar-refractivity contribution in [1.82, 2.24) is 14.9 Å². The van der Waals surface area contributed by atoms with E-state index in [0.717, 1.165) is 37.1 Å². The predicted octanol–water partition coefficient (Wildman–Crippen LogP) is 6.14. The van der Waals surface area contributed by atoms with Crippen molar-refractivity contribution in [2.45, 2.75) is 44.7 Å². The third kappa shape index (κ3) is 5.57. The normalized spacial score (nSPS) is 17.5. The lowest BCUT2D eigenvalue weighted by molar-refractivity contribution is 0.141. The fourth-order valence-electron chi connectivity index (χ4n) is 5.11. The molecule has 0 bridgehead atoms. The molecule has 1 aromatic heterocycles. The maximum Gasteiger partial charge on any atom is 0.227 e. The van der Waals surface area contributed by atoms with E-state index in [1.54, 1.807) is 12.3 Å². The first-order chi connectivity index (χ1) is 17.1. The molecule has 0 radical (unpaired) electrons. The standard InChI is InChI=1S/C27H30ClF2N5/c28-20-7-4-6-19(16-20)22-17-32-27(33-26(22)31-18-23-24(29)8-5-9-25(23)30)35-14-10-21(11-15-35)34-12-2-1-3-13-34/h4-9,16-17,21H,1-3,10-15,18H2,(H,31,32,33). The van der Waals surface area contributed by atoms with Crippen LogP contribution in [0.3, 0.4) is 0 Å². The van der Waals surface area contributed by atoms with Gasteiger partial charge in [-0.05, 0) is 68.6 Å². The molecule has 0 amide bonds. The summed E-state index contributed by atoms with van der Waals surface area (Å²) in [5, 5.41) is 3.75. The molecule has 2 fully saturated rings. The second-order valence-corrected chi connectivity index (χ2v) is 9.75. The highest BCUT2D eigenvalue weighted by Crippen LogP contribution is 2.31. The largest absolute Gasteiger partial charge is 0.365 e. The van der Waals surface area contributed by atoms with Crippen LogP contribution in [0.5, 0.6) is 0 Å². The molecule has 5 nitrogen and oxygen atoms in total. The van der Waals surface area contributed by atoms with Crippen LogP contribution in [-0.4, -0.2) is 47.1 Å². The fraction of sp³-hybridized carbons (Fsp3) is 0.407. The van der Waals surface area contributed by atoms with Crippen LogP contribution in [0.25, 0.3) is 11.1 Å². The summed E-state index contributed by atoms with van der Waals surface area (Å²) in [4.78, 5) is 14.3. The van der Waals surface area contributed by atoms with Crippen molar-refractivity contribution in [1.29, 1.82) is 0 Å². The number of aromatic nitrogens is 2. The first kappa shape index (κ1) is 23.9. The molecule has 35 heavy (non-hydrogen) atoms. The van der Waals surface area contributed by atoms with Gasteiger partial charge in [-0.2, -0.15) is 4.98 Å². The van der Waals surface area contributed by atoms with Crippen molar-refractivity contribution in [3.8, 4) is 11.1 Å². The summed E-state index contributed by atoms with van der Waals surface area (Å²) < 4.78 is 28.5. The third-order valence-corrected chi connectivity index (χ3v) is 7.30. The highest BCUT2D eigenvalue weighted by molar-refractivity contribution is 6.30. The fourth-order valence-corrected chi connectivity index (χ4v) is 5.31. The molecule has 8 heteroatoms. The Labute approximate surface area is 210 Å². The Bertz CT molecular complexity index is 1140. The van der Waals surface area contributed by atoms with Crippen LogP contribution >= 0.6 is 11.6 Å². The average molecular weight is 498 g/mol. The molecule has 0 unspecified atom stereocenters. The van der Waals surface area contributed by atoms with Crippen molar-refractivity contribution >= 4 is 23.4 Å². The van der Waals surface area contributed by atoms with Gasteiger partial charge in [0.1, 0.15) is 17.5 Å². The van der Waals surface area contributed by atoms with Gasteiger partial charge in [-0.15, -0.1) is 0 Å². The Morgan fingerprint density at radius 2 is 1.66 bits per heavy atom. The molecular weight excluding hydrogens is 468 g/mol. The summed E-state index contributed by atoms with van der Waals surface area (Å²) in [5.41, 5.74) is 1.55. The Hall–Kier alpha value is -2.77. The zero-order valence-electron chi connectivity index (χ0n) is 19.7. The van der Waals surface area contributed by atoms with E-state index in [9.17, 15) is 8.78 Å². The van der Waals surface area contributed by atoms with E-state index in [2.05, 4.69) is 20.1 Å². The SMILES string of the molecule is Fc1cccc(F)c1CNc1nc(N2CCC(N3CCCCC3)CC2)ncc1-c1cccc(Cl)c1. The number of piperidine rings is 2. The first-order valence-corrected chi connectivity index (χ1v) is 12.7. The summed E-state index contributed by atoms with van der Waals surface area (Å²) in [6.45, 7) is 4.16. The molecule has 2 aliphatic rings. The van der Waals surface area contributed by atoms with Crippen LogP contribution < -0.4 is 10.2 Å². The maximum absolute atomic E-state index is 14.2.